The molecule has 0 saturated carbocycles. The van der Waals surface area contributed by atoms with Gasteiger partial charge in [-0.3, -0.25) is 13.8 Å². The number of nitrogens with one attached hydrogen (secondary N) is 1. The van der Waals surface area contributed by atoms with Gasteiger partial charge in [0.2, 0.25) is 5.91 Å². The number of allylic oxidation sites excluding steroid dienone is 10. The lowest BCUT2D eigenvalue weighted by molar-refractivity contribution is -0.870. The highest BCUT2D eigenvalue weighted by atomic mass is 31.2. The zero-order valence-corrected chi connectivity index (χ0v) is 54.7. The first-order chi connectivity index (χ1) is 39.0. The van der Waals surface area contributed by atoms with Crippen molar-refractivity contribution in [3.8, 4) is 0 Å². The molecule has 0 aliphatic carbocycles. The number of rotatable bonds is 64. The molecule has 0 aromatic carbocycles. The minimum absolute atomic E-state index is 0.0729. The minimum atomic E-state index is -4.33. The largest absolute Gasteiger partial charge is 0.472 e. The fourth-order valence-corrected chi connectivity index (χ4v) is 11.2. The van der Waals surface area contributed by atoms with Crippen LogP contribution in [0.2, 0.25) is 0 Å². The minimum Gasteiger partial charge on any atom is -0.391 e. The van der Waals surface area contributed by atoms with E-state index in [9.17, 15) is 19.4 Å². The molecule has 0 aliphatic heterocycles. The van der Waals surface area contributed by atoms with Crippen molar-refractivity contribution in [2.75, 3.05) is 40.9 Å². The summed E-state index contributed by atoms with van der Waals surface area (Å²) < 4.78 is 23.9. The summed E-state index contributed by atoms with van der Waals surface area (Å²) in [5.74, 6) is -0.145. The van der Waals surface area contributed by atoms with Gasteiger partial charge >= 0.3 is 7.82 Å². The van der Waals surface area contributed by atoms with Crippen LogP contribution in [0.15, 0.2) is 60.8 Å². The van der Waals surface area contributed by atoms with Gasteiger partial charge in [-0.15, -0.1) is 0 Å². The van der Waals surface area contributed by atoms with Crippen LogP contribution < -0.4 is 5.32 Å². The predicted molar refractivity (Wildman–Crippen MR) is 350 cm³/mol. The maximum Gasteiger partial charge on any atom is 0.472 e. The molecule has 0 bridgehead atoms. The second-order valence-corrected chi connectivity index (χ2v) is 26.3. The van der Waals surface area contributed by atoms with E-state index in [1.165, 1.54) is 238 Å². The zero-order valence-electron chi connectivity index (χ0n) is 53.8. The van der Waals surface area contributed by atoms with Crippen LogP contribution in [0.25, 0.3) is 0 Å². The topological polar surface area (TPSA) is 105 Å². The van der Waals surface area contributed by atoms with Crippen LogP contribution in [0.3, 0.4) is 0 Å². The van der Waals surface area contributed by atoms with E-state index in [2.05, 4.69) is 79.9 Å². The Balaban J connectivity index is 4.04. The Bertz CT molecular complexity index is 1490. The van der Waals surface area contributed by atoms with Crippen molar-refractivity contribution >= 4 is 13.7 Å². The van der Waals surface area contributed by atoms with E-state index in [-0.39, 0.29) is 19.1 Å². The SMILES string of the molecule is CC/C=C\C/C=C\C/C=C\C/C=C\C/C=C\CCCCCCCCCCCCCC(=O)NC(COP(=O)(O)OCC[N+](C)(C)C)C(O)CCCCCCCCCCCCCCCCCCCCCCCCCCCCCCCCC. The Morgan fingerprint density at radius 2 is 0.750 bits per heavy atom. The molecule has 0 aromatic heterocycles. The predicted octanol–water partition coefficient (Wildman–Crippen LogP) is 22.0. The third-order valence-corrected chi connectivity index (χ3v) is 16.8. The molecule has 8 nitrogen and oxygen atoms in total. The van der Waals surface area contributed by atoms with Gasteiger partial charge in [0, 0.05) is 6.42 Å². The molecule has 0 saturated heterocycles. The Hall–Kier alpha value is -1.80. The molecule has 3 atom stereocenters. The molecule has 0 rings (SSSR count). The lowest BCUT2D eigenvalue weighted by atomic mass is 10.0. The molecule has 0 aliphatic rings. The van der Waals surface area contributed by atoms with Crippen molar-refractivity contribution in [2.24, 2.45) is 0 Å². The van der Waals surface area contributed by atoms with Crippen molar-refractivity contribution in [1.29, 1.82) is 0 Å². The van der Waals surface area contributed by atoms with Gasteiger partial charge in [0.05, 0.1) is 39.9 Å². The lowest BCUT2D eigenvalue weighted by Gasteiger charge is -2.26. The average molecular weight is 1140 g/mol. The number of carbonyl (C=O) groups excluding carboxylic acids is 1. The van der Waals surface area contributed by atoms with Gasteiger partial charge < -0.3 is 19.8 Å². The number of phosphoric acid groups is 1. The number of unbranched alkanes of at least 4 members (excludes halogenated alkanes) is 41. The van der Waals surface area contributed by atoms with E-state index in [1.807, 2.05) is 21.1 Å². The van der Waals surface area contributed by atoms with Crippen LogP contribution in [0, 0.1) is 0 Å². The third-order valence-electron chi connectivity index (χ3n) is 15.8. The van der Waals surface area contributed by atoms with E-state index >= 15 is 0 Å². The lowest BCUT2D eigenvalue weighted by Crippen LogP contribution is -2.46. The normalized spacial score (nSPS) is 14.0. The van der Waals surface area contributed by atoms with E-state index in [4.69, 9.17) is 9.05 Å². The van der Waals surface area contributed by atoms with E-state index in [1.54, 1.807) is 0 Å². The number of amides is 1. The number of likely N-dealkylation sites (N-methyl/N-ethyl adjacent to an activating group) is 1. The summed E-state index contributed by atoms with van der Waals surface area (Å²) in [7, 11) is 1.62. The van der Waals surface area contributed by atoms with Gasteiger partial charge in [0.1, 0.15) is 13.2 Å². The number of aliphatic hydroxyl groups excluding tert-OH is 1. The molecule has 0 heterocycles. The molecule has 470 valence electrons. The number of hydrogen-bond acceptors (Lipinski definition) is 5. The summed E-state index contributed by atoms with van der Waals surface area (Å²) >= 11 is 0. The smallest absolute Gasteiger partial charge is 0.391 e. The highest BCUT2D eigenvalue weighted by Gasteiger charge is 2.28. The highest BCUT2D eigenvalue weighted by Crippen LogP contribution is 2.43. The van der Waals surface area contributed by atoms with Crippen LogP contribution >= 0.6 is 7.82 Å². The van der Waals surface area contributed by atoms with Crippen LogP contribution in [0.1, 0.15) is 335 Å². The van der Waals surface area contributed by atoms with Gasteiger partial charge in [-0.05, 0) is 57.8 Å². The summed E-state index contributed by atoms with van der Waals surface area (Å²) in [6, 6.07) is -0.767. The first-order valence-corrected chi connectivity index (χ1v) is 36.1. The van der Waals surface area contributed by atoms with Crippen molar-refractivity contribution in [3.63, 3.8) is 0 Å². The van der Waals surface area contributed by atoms with Crippen molar-refractivity contribution in [3.05, 3.63) is 60.8 Å². The third kappa shape index (κ3) is 63.8. The molecule has 0 spiro atoms. The van der Waals surface area contributed by atoms with Gasteiger partial charge in [-0.25, -0.2) is 4.57 Å². The van der Waals surface area contributed by atoms with Crippen molar-refractivity contribution in [2.45, 2.75) is 347 Å². The number of quaternary nitrogens is 1. The Kier molecular flexibility index (Phi) is 60.4. The van der Waals surface area contributed by atoms with Crippen LogP contribution in [0.4, 0.5) is 0 Å². The summed E-state index contributed by atoms with van der Waals surface area (Å²) in [5.41, 5.74) is 0. The van der Waals surface area contributed by atoms with E-state index < -0.39 is 20.0 Å². The summed E-state index contributed by atoms with van der Waals surface area (Å²) in [4.78, 5) is 23.5. The molecule has 3 N–H and O–H groups in total. The fraction of sp³-hybridized carbons (Fsp3) is 0.845. The molecule has 80 heavy (non-hydrogen) atoms. The van der Waals surface area contributed by atoms with Crippen molar-refractivity contribution < 1.29 is 32.9 Å². The molecule has 0 fully saturated rings. The summed E-state index contributed by atoms with van der Waals surface area (Å²) in [6.07, 6.45) is 84.6. The Morgan fingerprint density at radius 1 is 0.438 bits per heavy atom. The molecule has 9 heteroatoms. The van der Waals surface area contributed by atoms with E-state index in [0.717, 1.165) is 70.6 Å². The maximum atomic E-state index is 13.1. The summed E-state index contributed by atoms with van der Waals surface area (Å²) in [5, 5.41) is 14.2. The number of phosphoric ester groups is 1. The van der Waals surface area contributed by atoms with Gasteiger partial charge in [0.25, 0.3) is 0 Å². The average Bonchev–Trinajstić information content (AvgIpc) is 3.42. The second kappa shape index (κ2) is 61.8. The van der Waals surface area contributed by atoms with Crippen LogP contribution in [0.5, 0.6) is 0 Å². The van der Waals surface area contributed by atoms with E-state index in [0.29, 0.717) is 23.9 Å². The van der Waals surface area contributed by atoms with Crippen LogP contribution in [-0.2, 0) is 18.4 Å². The van der Waals surface area contributed by atoms with Gasteiger partial charge in [-0.2, -0.15) is 0 Å². The first kappa shape index (κ1) is 78.2. The second-order valence-electron chi connectivity index (χ2n) is 24.9. The molecular weight excluding hydrogens is 1010 g/mol. The highest BCUT2D eigenvalue weighted by molar-refractivity contribution is 7.47. The zero-order chi connectivity index (χ0) is 58.4. The number of carbonyl (C=O) groups is 1. The monoisotopic (exact) mass is 1140 g/mol. The number of hydrogen-bond donors (Lipinski definition) is 3. The molecule has 0 aromatic rings. The fourth-order valence-electron chi connectivity index (χ4n) is 10.4. The maximum absolute atomic E-state index is 13.1. The Morgan fingerprint density at radius 3 is 1.10 bits per heavy atom. The Labute approximate surface area is 498 Å². The van der Waals surface area contributed by atoms with Gasteiger partial charge in [-0.1, -0.05) is 331 Å². The molecule has 3 unspecified atom stereocenters. The molecular formula is C71H136N2O6P+. The molecule has 1 amide bonds. The van der Waals surface area contributed by atoms with Crippen LogP contribution in [-0.4, -0.2) is 73.4 Å². The standard InChI is InChI=1S/C71H135N2O6P/c1-6-8-10-12-14-16-18-20-22-24-26-28-30-32-34-35-36-37-39-40-42-44-46-48-50-52-54-56-58-60-62-64-70(74)69(68-79-80(76,77)78-67-66-73(3,4)5)72-71(75)65-63-61-59-57-55-53-51-49-47-45-43-41-38-33-31-29-27-25-23-21-19-17-15-13-11-9-7-2/h9,11,15,17,21,23,27,29,33,38,69-70,74H,6-8,10,12-14,16,18-20,22,24-26,28,30-32,34-37,39-68H2,1-5H3,(H-,72,75,76,77)/p+1/b11-9-,17-15-,23-21-,29-27-,38-33-. The quantitative estimate of drug-likeness (QED) is 0.0243. The summed E-state index contributed by atoms with van der Waals surface area (Å²) in [6.45, 7) is 4.82. The van der Waals surface area contributed by atoms with Gasteiger partial charge in [0.15, 0.2) is 0 Å². The van der Waals surface area contributed by atoms with Crippen molar-refractivity contribution in [1.82, 2.24) is 5.32 Å². The molecule has 0 radical (unpaired) electrons. The first-order valence-electron chi connectivity index (χ1n) is 34.7. The number of nitrogens with zero attached hydrogens (tertiary/aromatic N) is 1. The number of aliphatic hydroxyl groups is 1.